The Balaban J connectivity index is 1.71. The molecule has 1 aromatic heterocycles. The zero-order chi connectivity index (χ0) is 23.8. The number of piperazine rings is 1. The van der Waals surface area contributed by atoms with Gasteiger partial charge in [-0.1, -0.05) is 13.3 Å². The van der Waals surface area contributed by atoms with Crippen LogP contribution in [-0.4, -0.2) is 60.1 Å². The molecule has 2 aromatic rings. The van der Waals surface area contributed by atoms with Gasteiger partial charge in [0.2, 0.25) is 10.0 Å². The molecular weight excluding hydrogens is 440 g/mol. The van der Waals surface area contributed by atoms with E-state index in [1.165, 1.54) is 0 Å². The fourth-order valence-corrected chi connectivity index (χ4v) is 6.22. The molecule has 1 saturated heterocycles. The molecule has 0 unspecified atom stereocenters. The second-order valence-electron chi connectivity index (χ2n) is 8.81. The molecule has 0 saturated carbocycles. The normalized spacial score (nSPS) is 21.3. The molecule has 180 valence electrons. The molecule has 10 heteroatoms. The molecule has 1 fully saturated rings. The highest BCUT2D eigenvalue weighted by molar-refractivity contribution is 7.89. The zero-order valence-corrected chi connectivity index (χ0v) is 20.9. The minimum atomic E-state index is -3.66. The van der Waals surface area contributed by atoms with E-state index in [1.807, 2.05) is 32.5 Å². The molecule has 2 atom stereocenters. The van der Waals surface area contributed by atoms with Crippen LogP contribution in [0.25, 0.3) is 0 Å². The van der Waals surface area contributed by atoms with E-state index >= 15 is 0 Å². The van der Waals surface area contributed by atoms with Crippen LogP contribution < -0.4 is 15.4 Å². The Morgan fingerprint density at radius 2 is 1.91 bits per heavy atom. The summed E-state index contributed by atoms with van der Waals surface area (Å²) in [5, 5.41) is 11.5. The number of rotatable bonds is 7. The second kappa shape index (κ2) is 9.44. The van der Waals surface area contributed by atoms with Gasteiger partial charge in [0.05, 0.1) is 40.7 Å². The van der Waals surface area contributed by atoms with Gasteiger partial charge in [-0.05, 0) is 45.4 Å². The maximum absolute atomic E-state index is 13.5. The molecule has 0 aliphatic carbocycles. The van der Waals surface area contributed by atoms with E-state index in [2.05, 4.69) is 22.7 Å². The van der Waals surface area contributed by atoms with E-state index < -0.39 is 10.0 Å². The Labute approximate surface area is 196 Å². The lowest BCUT2D eigenvalue weighted by atomic mass is 10.1. The lowest BCUT2D eigenvalue weighted by Gasteiger charge is -2.35. The van der Waals surface area contributed by atoms with Gasteiger partial charge in [0.15, 0.2) is 0 Å². The van der Waals surface area contributed by atoms with Gasteiger partial charge in [-0.15, -0.1) is 0 Å². The van der Waals surface area contributed by atoms with Crippen LogP contribution in [0, 0.1) is 0 Å². The van der Waals surface area contributed by atoms with E-state index in [4.69, 9.17) is 9.73 Å². The predicted octanol–water partition coefficient (Wildman–Crippen LogP) is 2.51. The molecule has 1 aromatic carbocycles. The van der Waals surface area contributed by atoms with Crippen LogP contribution in [0.15, 0.2) is 28.1 Å². The van der Waals surface area contributed by atoms with Crippen LogP contribution in [0.2, 0.25) is 0 Å². The number of benzene rings is 1. The van der Waals surface area contributed by atoms with Crippen molar-refractivity contribution in [2.75, 3.05) is 25.0 Å². The van der Waals surface area contributed by atoms with Crippen molar-refractivity contribution >= 4 is 21.5 Å². The summed E-state index contributed by atoms with van der Waals surface area (Å²) in [5.74, 6) is 1.21. The number of aryl methyl sites for hydroxylation is 2. The molecule has 0 amide bonds. The first-order valence-corrected chi connectivity index (χ1v) is 13.1. The summed E-state index contributed by atoms with van der Waals surface area (Å²) in [6.07, 6.45) is 1.84. The number of anilines is 1. The Hall–Kier alpha value is -2.43. The molecule has 33 heavy (non-hydrogen) atoms. The lowest BCUT2D eigenvalue weighted by molar-refractivity contribution is 0.263. The van der Waals surface area contributed by atoms with Crippen molar-refractivity contribution in [2.45, 2.75) is 64.1 Å². The molecule has 2 N–H and O–H groups in total. The monoisotopic (exact) mass is 474 g/mol. The summed E-state index contributed by atoms with van der Waals surface area (Å²) in [6, 6.07) is 5.23. The number of nitrogens with one attached hydrogen (secondary N) is 2. The third-order valence-corrected chi connectivity index (χ3v) is 7.85. The maximum atomic E-state index is 13.5. The largest absolute Gasteiger partial charge is 0.493 e. The van der Waals surface area contributed by atoms with Crippen molar-refractivity contribution in [1.29, 1.82) is 0 Å². The first-order valence-electron chi connectivity index (χ1n) is 11.6. The van der Waals surface area contributed by atoms with Crippen molar-refractivity contribution in [1.82, 2.24) is 19.4 Å². The van der Waals surface area contributed by atoms with Gasteiger partial charge in [0.1, 0.15) is 11.6 Å². The highest BCUT2D eigenvalue weighted by atomic mass is 32.2. The molecular formula is C23H34N6O3S. The zero-order valence-electron chi connectivity index (χ0n) is 20.1. The quantitative estimate of drug-likeness (QED) is 0.640. The van der Waals surface area contributed by atoms with Gasteiger partial charge in [0, 0.05) is 32.2 Å². The van der Waals surface area contributed by atoms with E-state index in [1.54, 1.807) is 22.5 Å². The Morgan fingerprint density at radius 3 is 2.58 bits per heavy atom. The molecule has 9 nitrogen and oxygen atoms in total. The number of sulfonamides is 1. The molecule has 2 aliphatic rings. The molecule has 0 bridgehead atoms. The Kier molecular flexibility index (Phi) is 6.78. The molecule has 2 aliphatic heterocycles. The van der Waals surface area contributed by atoms with E-state index in [0.29, 0.717) is 43.4 Å². The average Bonchev–Trinajstić information content (AvgIpc) is 3.08. The van der Waals surface area contributed by atoms with E-state index in [9.17, 15) is 8.42 Å². The maximum Gasteiger partial charge on any atom is 0.243 e. The van der Waals surface area contributed by atoms with Crippen LogP contribution in [0.4, 0.5) is 5.69 Å². The molecule has 4 rings (SSSR count). The number of hydrogen-bond acceptors (Lipinski definition) is 7. The van der Waals surface area contributed by atoms with Gasteiger partial charge in [-0.3, -0.25) is 9.67 Å². The van der Waals surface area contributed by atoms with Crippen molar-refractivity contribution in [3.63, 3.8) is 0 Å². The number of aromatic nitrogens is 2. The van der Waals surface area contributed by atoms with Gasteiger partial charge < -0.3 is 15.4 Å². The van der Waals surface area contributed by atoms with Crippen molar-refractivity contribution in [3.05, 3.63) is 35.2 Å². The lowest BCUT2D eigenvalue weighted by Crippen LogP contribution is -2.55. The number of fused-ring (bicyclic) bond motifs is 1. The van der Waals surface area contributed by atoms with E-state index in [0.717, 1.165) is 29.9 Å². The summed E-state index contributed by atoms with van der Waals surface area (Å²) < 4.78 is 36.3. The first-order chi connectivity index (χ1) is 15.7. The minimum absolute atomic E-state index is 0.0936. The summed E-state index contributed by atoms with van der Waals surface area (Å²) in [7, 11) is -1.73. The van der Waals surface area contributed by atoms with Gasteiger partial charge in [0.25, 0.3) is 0 Å². The number of ether oxygens (including phenoxy) is 1. The highest BCUT2D eigenvalue weighted by Gasteiger charge is 2.32. The van der Waals surface area contributed by atoms with E-state index in [-0.39, 0.29) is 17.0 Å². The fourth-order valence-electron chi connectivity index (χ4n) is 4.58. The summed E-state index contributed by atoms with van der Waals surface area (Å²) in [5.41, 5.74) is 3.62. The second-order valence-corrected chi connectivity index (χ2v) is 10.8. The first kappa shape index (κ1) is 23.7. The minimum Gasteiger partial charge on any atom is -0.493 e. The van der Waals surface area contributed by atoms with Crippen molar-refractivity contribution in [3.8, 4) is 5.75 Å². The fraction of sp³-hybridized carbons (Fsp3) is 0.565. The number of nitrogens with zero attached hydrogens (tertiary/aromatic N) is 4. The predicted molar refractivity (Wildman–Crippen MR) is 129 cm³/mol. The Bertz CT molecular complexity index is 1150. The Morgan fingerprint density at radius 1 is 1.18 bits per heavy atom. The SMILES string of the molecule is CCCc1nn(C)c2c1NC(c1cc(S(=O)(=O)N3C[C@@H](C)N[C@@H](C)C3)ccc1OCC)=NC2. The number of aliphatic imine (C=N–C) groups is 1. The van der Waals surface area contributed by atoms with Crippen molar-refractivity contribution < 1.29 is 13.2 Å². The molecule has 0 spiro atoms. The highest BCUT2D eigenvalue weighted by Crippen LogP contribution is 2.31. The van der Waals surface area contributed by atoms with Gasteiger partial charge >= 0.3 is 0 Å². The summed E-state index contributed by atoms with van der Waals surface area (Å²) in [6.45, 7) is 9.86. The average molecular weight is 475 g/mol. The standard InChI is InChI=1S/C23H34N6O3S/c1-6-8-19-22-20(28(5)27-19)12-24-23(26-22)18-11-17(9-10-21(18)32-7-2)33(30,31)29-13-15(3)25-16(4)14-29/h9-11,15-16,25H,6-8,12-14H2,1-5H3,(H,24,26)/t15-,16+. The third kappa shape index (κ3) is 4.64. The van der Waals surface area contributed by atoms with Crippen LogP contribution in [0.1, 0.15) is 51.1 Å². The van der Waals surface area contributed by atoms with Crippen LogP contribution in [0.3, 0.4) is 0 Å². The molecule has 3 heterocycles. The number of hydrogen-bond donors (Lipinski definition) is 2. The summed E-state index contributed by atoms with van der Waals surface area (Å²) >= 11 is 0. The van der Waals surface area contributed by atoms with Gasteiger partial charge in [-0.2, -0.15) is 9.40 Å². The van der Waals surface area contributed by atoms with Crippen molar-refractivity contribution in [2.24, 2.45) is 12.0 Å². The van der Waals surface area contributed by atoms with Gasteiger partial charge in [-0.25, -0.2) is 8.42 Å². The third-order valence-electron chi connectivity index (χ3n) is 6.02. The summed E-state index contributed by atoms with van der Waals surface area (Å²) in [4.78, 5) is 4.97. The van der Waals surface area contributed by atoms with Crippen LogP contribution in [-0.2, 0) is 30.0 Å². The topological polar surface area (TPSA) is 101 Å². The number of amidine groups is 1. The smallest absolute Gasteiger partial charge is 0.243 e. The van der Waals surface area contributed by atoms with Crippen LogP contribution >= 0.6 is 0 Å². The molecule has 0 radical (unpaired) electrons. The van der Waals surface area contributed by atoms with Crippen LogP contribution in [0.5, 0.6) is 5.75 Å².